The molecule has 88 valence electrons. The number of hydrogen-bond donors (Lipinski definition) is 2. The van der Waals surface area contributed by atoms with Crippen LogP contribution in [0.5, 0.6) is 0 Å². The van der Waals surface area contributed by atoms with Crippen LogP contribution >= 0.6 is 39.7 Å². The first-order valence-electron chi connectivity index (χ1n) is 4.91. The first-order valence-corrected chi connectivity index (χ1v) is 6.49. The number of anilines is 1. The van der Waals surface area contributed by atoms with Crippen LogP contribution in [0.1, 0.15) is 18.9 Å². The number of halogens is 2. The second-order valence-electron chi connectivity index (χ2n) is 3.27. The van der Waals surface area contributed by atoms with Gasteiger partial charge in [0.25, 0.3) is 0 Å². The summed E-state index contributed by atoms with van der Waals surface area (Å²) >= 11 is 14.5. The molecular formula is C10H13BrClN3S. The van der Waals surface area contributed by atoms with Crippen LogP contribution in [0.2, 0.25) is 5.02 Å². The highest BCUT2D eigenvalue weighted by molar-refractivity contribution is 9.10. The molecule has 0 radical (unpaired) electrons. The lowest BCUT2D eigenvalue weighted by Gasteiger charge is -2.12. The fourth-order valence-corrected chi connectivity index (χ4v) is 1.91. The Kier molecular flexibility index (Phi) is 5.44. The summed E-state index contributed by atoms with van der Waals surface area (Å²) in [4.78, 5) is 4.17. The van der Waals surface area contributed by atoms with Crippen molar-refractivity contribution in [1.29, 1.82) is 0 Å². The average molecular weight is 323 g/mol. The van der Waals surface area contributed by atoms with Gasteiger partial charge in [-0.25, -0.2) is 4.98 Å². The lowest BCUT2D eigenvalue weighted by molar-refractivity contribution is 0.846. The number of nitrogens with zero attached hydrogens (tertiary/aromatic N) is 1. The van der Waals surface area contributed by atoms with Crippen molar-refractivity contribution < 1.29 is 0 Å². The minimum atomic E-state index is 0.566. The maximum absolute atomic E-state index is 5.94. The predicted molar refractivity (Wildman–Crippen MR) is 76.2 cm³/mol. The molecule has 2 N–H and O–H groups in total. The van der Waals surface area contributed by atoms with E-state index in [9.17, 15) is 0 Å². The Morgan fingerprint density at radius 3 is 2.94 bits per heavy atom. The van der Waals surface area contributed by atoms with Crippen molar-refractivity contribution in [2.24, 2.45) is 0 Å². The second kappa shape index (κ2) is 6.37. The van der Waals surface area contributed by atoms with Gasteiger partial charge in [-0.15, -0.1) is 0 Å². The van der Waals surface area contributed by atoms with Crippen LogP contribution in [-0.4, -0.2) is 16.6 Å². The molecule has 6 heteroatoms. The smallest absolute Gasteiger partial charge is 0.171 e. The zero-order chi connectivity index (χ0) is 12.1. The Hall–Kier alpha value is -0.390. The van der Waals surface area contributed by atoms with Gasteiger partial charge in [-0.3, -0.25) is 0 Å². The number of rotatable bonds is 3. The predicted octanol–water partition coefficient (Wildman–Crippen LogP) is 3.50. The zero-order valence-corrected chi connectivity index (χ0v) is 12.3. The summed E-state index contributed by atoms with van der Waals surface area (Å²) in [5, 5.41) is 7.28. The molecule has 0 amide bonds. The zero-order valence-electron chi connectivity index (χ0n) is 9.10. The van der Waals surface area contributed by atoms with E-state index in [0.29, 0.717) is 16.0 Å². The van der Waals surface area contributed by atoms with Crippen LogP contribution in [0.15, 0.2) is 10.7 Å². The molecule has 1 rings (SSSR count). The molecule has 3 nitrogen and oxygen atoms in total. The third-order valence-corrected chi connectivity index (χ3v) is 3.57. The molecule has 0 aromatic carbocycles. The van der Waals surface area contributed by atoms with E-state index >= 15 is 0 Å². The standard InChI is InChI=1S/C10H13BrClN3S/c1-3-4-13-10(16)15-9-8(11)6(2)7(12)5-14-9/h5H,3-4H2,1-2H3,(H2,13,14,15,16). The molecule has 0 bridgehead atoms. The fraction of sp³-hybridized carbons (Fsp3) is 0.400. The number of thiocarbonyl (C=S) groups is 1. The Balaban J connectivity index is 2.74. The van der Waals surface area contributed by atoms with Crippen molar-refractivity contribution in [2.75, 3.05) is 11.9 Å². The summed E-state index contributed by atoms with van der Waals surface area (Å²) in [6.07, 6.45) is 2.63. The number of aromatic nitrogens is 1. The van der Waals surface area contributed by atoms with Gasteiger partial charge in [-0.1, -0.05) is 18.5 Å². The van der Waals surface area contributed by atoms with Gasteiger partial charge in [0.05, 0.1) is 9.50 Å². The molecule has 0 unspecified atom stereocenters. The molecule has 0 aliphatic heterocycles. The lowest BCUT2D eigenvalue weighted by Crippen LogP contribution is -2.29. The van der Waals surface area contributed by atoms with E-state index in [1.807, 2.05) is 6.92 Å². The van der Waals surface area contributed by atoms with E-state index in [0.717, 1.165) is 23.0 Å². The van der Waals surface area contributed by atoms with Gasteiger partial charge in [-0.2, -0.15) is 0 Å². The van der Waals surface area contributed by atoms with Gasteiger partial charge < -0.3 is 10.6 Å². The van der Waals surface area contributed by atoms with Crippen molar-refractivity contribution in [2.45, 2.75) is 20.3 Å². The highest BCUT2D eigenvalue weighted by Gasteiger charge is 2.08. The first kappa shape index (κ1) is 13.7. The quantitative estimate of drug-likeness (QED) is 0.835. The van der Waals surface area contributed by atoms with Gasteiger partial charge >= 0.3 is 0 Å². The van der Waals surface area contributed by atoms with Crippen molar-refractivity contribution >= 4 is 50.7 Å². The molecule has 0 atom stereocenters. The minimum absolute atomic E-state index is 0.566. The van der Waals surface area contributed by atoms with Crippen LogP contribution < -0.4 is 10.6 Å². The van der Waals surface area contributed by atoms with Crippen molar-refractivity contribution in [3.05, 3.63) is 21.3 Å². The van der Waals surface area contributed by atoms with Crippen molar-refractivity contribution in [3.8, 4) is 0 Å². The largest absolute Gasteiger partial charge is 0.362 e. The summed E-state index contributed by atoms with van der Waals surface area (Å²) in [7, 11) is 0. The Labute approximate surface area is 114 Å². The highest BCUT2D eigenvalue weighted by atomic mass is 79.9. The van der Waals surface area contributed by atoms with E-state index in [1.165, 1.54) is 0 Å². The molecule has 1 aromatic rings. The normalized spacial score (nSPS) is 10.0. The van der Waals surface area contributed by atoms with Crippen LogP contribution in [0.25, 0.3) is 0 Å². The van der Waals surface area contributed by atoms with E-state index in [2.05, 4.69) is 38.5 Å². The molecule has 1 aromatic heterocycles. The van der Waals surface area contributed by atoms with Gasteiger partial charge in [0, 0.05) is 12.7 Å². The second-order valence-corrected chi connectivity index (χ2v) is 4.88. The molecule has 1 heterocycles. The van der Waals surface area contributed by atoms with Gasteiger partial charge in [-0.05, 0) is 47.1 Å². The molecule has 0 spiro atoms. The van der Waals surface area contributed by atoms with Crippen LogP contribution in [0.3, 0.4) is 0 Å². The first-order chi connectivity index (χ1) is 7.56. The molecule has 0 aliphatic carbocycles. The Morgan fingerprint density at radius 1 is 1.62 bits per heavy atom. The number of hydrogen-bond acceptors (Lipinski definition) is 2. The SMILES string of the molecule is CCCNC(=S)Nc1ncc(Cl)c(C)c1Br. The molecule has 16 heavy (non-hydrogen) atoms. The monoisotopic (exact) mass is 321 g/mol. The summed E-state index contributed by atoms with van der Waals surface area (Å²) in [6.45, 7) is 4.84. The summed E-state index contributed by atoms with van der Waals surface area (Å²) in [5.41, 5.74) is 0.942. The molecule has 0 fully saturated rings. The van der Waals surface area contributed by atoms with E-state index in [1.54, 1.807) is 6.20 Å². The summed E-state index contributed by atoms with van der Waals surface area (Å²) < 4.78 is 0.834. The fourth-order valence-electron chi connectivity index (χ4n) is 1.03. The van der Waals surface area contributed by atoms with Gasteiger partial charge in [0.2, 0.25) is 0 Å². The summed E-state index contributed by atoms with van der Waals surface area (Å²) in [6, 6.07) is 0. The van der Waals surface area contributed by atoms with Crippen LogP contribution in [0.4, 0.5) is 5.82 Å². The lowest BCUT2D eigenvalue weighted by atomic mass is 10.3. The Morgan fingerprint density at radius 2 is 2.31 bits per heavy atom. The molecular weight excluding hydrogens is 310 g/mol. The van der Waals surface area contributed by atoms with E-state index < -0.39 is 0 Å². The highest BCUT2D eigenvalue weighted by Crippen LogP contribution is 2.28. The number of nitrogens with one attached hydrogen (secondary N) is 2. The number of pyridine rings is 1. The van der Waals surface area contributed by atoms with Crippen LogP contribution in [0, 0.1) is 6.92 Å². The van der Waals surface area contributed by atoms with E-state index in [-0.39, 0.29) is 0 Å². The molecule has 0 saturated heterocycles. The van der Waals surface area contributed by atoms with Gasteiger partial charge in [0.15, 0.2) is 5.11 Å². The molecule has 0 saturated carbocycles. The van der Waals surface area contributed by atoms with E-state index in [4.69, 9.17) is 23.8 Å². The minimum Gasteiger partial charge on any atom is -0.362 e. The maximum atomic E-state index is 5.94. The average Bonchev–Trinajstić information content (AvgIpc) is 2.27. The Bertz CT molecular complexity index is 398. The topological polar surface area (TPSA) is 37.0 Å². The molecule has 0 aliphatic rings. The summed E-state index contributed by atoms with van der Waals surface area (Å²) in [5.74, 6) is 0.676. The third kappa shape index (κ3) is 3.57. The van der Waals surface area contributed by atoms with Crippen molar-refractivity contribution in [1.82, 2.24) is 10.3 Å². The van der Waals surface area contributed by atoms with Crippen LogP contribution in [-0.2, 0) is 0 Å². The third-order valence-electron chi connectivity index (χ3n) is 1.97. The maximum Gasteiger partial charge on any atom is 0.171 e. The van der Waals surface area contributed by atoms with Gasteiger partial charge in [0.1, 0.15) is 5.82 Å². The van der Waals surface area contributed by atoms with Crippen molar-refractivity contribution in [3.63, 3.8) is 0 Å².